The molecule has 0 radical (unpaired) electrons. The summed E-state index contributed by atoms with van der Waals surface area (Å²) in [5, 5.41) is 10.6. The second-order valence-corrected chi connectivity index (χ2v) is 3.26. The molecule has 0 atom stereocenters. The number of unbranched alkanes of at least 4 members (excludes halogenated alkanes) is 1. The van der Waals surface area contributed by atoms with Gasteiger partial charge in [-0.25, -0.2) is 10.3 Å². The van der Waals surface area contributed by atoms with Crippen molar-refractivity contribution in [3.05, 3.63) is 0 Å². The smallest absolute Gasteiger partial charge is 0.336 e. The molecule has 3 N–H and O–H groups in total. The SMILES string of the molecule is CC(C)CCCCNC(=O)NO. The fraction of sp³-hybridized carbons (Fsp3) is 0.875. The van der Waals surface area contributed by atoms with Crippen LogP contribution in [-0.4, -0.2) is 17.8 Å². The highest BCUT2D eigenvalue weighted by Crippen LogP contribution is 2.04. The van der Waals surface area contributed by atoms with Gasteiger partial charge in [-0.3, -0.25) is 5.21 Å². The van der Waals surface area contributed by atoms with Crippen LogP contribution in [0.15, 0.2) is 0 Å². The fourth-order valence-corrected chi connectivity index (χ4v) is 0.919. The molecule has 0 fully saturated rings. The molecule has 0 aliphatic carbocycles. The quantitative estimate of drug-likeness (QED) is 0.336. The lowest BCUT2D eigenvalue weighted by Gasteiger charge is -2.05. The maximum atomic E-state index is 10.4. The number of hydrogen-bond donors (Lipinski definition) is 3. The van der Waals surface area contributed by atoms with Gasteiger partial charge in [-0.2, -0.15) is 0 Å². The Hall–Kier alpha value is -0.770. The minimum atomic E-state index is -0.528. The molecule has 4 nitrogen and oxygen atoms in total. The molecule has 4 heteroatoms. The first-order valence-electron chi connectivity index (χ1n) is 4.34. The number of hydroxylamine groups is 1. The van der Waals surface area contributed by atoms with Crippen LogP contribution >= 0.6 is 0 Å². The molecular weight excluding hydrogens is 156 g/mol. The molecule has 0 bridgehead atoms. The van der Waals surface area contributed by atoms with E-state index >= 15 is 0 Å². The lowest BCUT2D eigenvalue weighted by atomic mass is 10.1. The van der Waals surface area contributed by atoms with Crippen LogP contribution in [-0.2, 0) is 0 Å². The van der Waals surface area contributed by atoms with E-state index in [4.69, 9.17) is 5.21 Å². The summed E-state index contributed by atoms with van der Waals surface area (Å²) in [4.78, 5) is 10.4. The van der Waals surface area contributed by atoms with E-state index in [0.717, 1.165) is 18.8 Å². The van der Waals surface area contributed by atoms with E-state index in [1.807, 2.05) is 0 Å². The first-order chi connectivity index (χ1) is 5.66. The zero-order valence-electron chi connectivity index (χ0n) is 7.76. The molecule has 0 rings (SSSR count). The Morgan fingerprint density at radius 2 is 2.08 bits per heavy atom. The Morgan fingerprint density at radius 1 is 1.42 bits per heavy atom. The Bertz CT molecular complexity index is 126. The Morgan fingerprint density at radius 3 is 2.58 bits per heavy atom. The van der Waals surface area contributed by atoms with Gasteiger partial charge in [-0.05, 0) is 12.3 Å². The normalized spacial score (nSPS) is 10.0. The predicted octanol–water partition coefficient (Wildman–Crippen LogP) is 1.50. The minimum Gasteiger partial charge on any atom is -0.336 e. The topological polar surface area (TPSA) is 61.4 Å². The Labute approximate surface area is 73.3 Å². The third-order valence-corrected chi connectivity index (χ3v) is 1.60. The van der Waals surface area contributed by atoms with Crippen molar-refractivity contribution in [2.75, 3.05) is 6.54 Å². The van der Waals surface area contributed by atoms with Crippen LogP contribution in [0, 0.1) is 5.92 Å². The minimum absolute atomic E-state index is 0.528. The standard InChI is InChI=1S/C8H18N2O2/c1-7(2)5-3-4-6-9-8(11)10-12/h7,12H,3-6H2,1-2H3,(H2,9,10,11). The number of amides is 2. The maximum Gasteiger partial charge on any atom is 0.338 e. The van der Waals surface area contributed by atoms with Gasteiger partial charge in [0.05, 0.1) is 0 Å². The number of hydrogen-bond acceptors (Lipinski definition) is 2. The monoisotopic (exact) mass is 174 g/mol. The molecule has 0 saturated carbocycles. The van der Waals surface area contributed by atoms with Gasteiger partial charge >= 0.3 is 6.03 Å². The van der Waals surface area contributed by atoms with E-state index in [1.165, 1.54) is 11.9 Å². The zero-order chi connectivity index (χ0) is 9.40. The average molecular weight is 174 g/mol. The molecule has 0 heterocycles. The van der Waals surface area contributed by atoms with E-state index in [-0.39, 0.29) is 0 Å². The van der Waals surface area contributed by atoms with Gasteiger partial charge in [0.1, 0.15) is 0 Å². The van der Waals surface area contributed by atoms with Gasteiger partial charge in [-0.1, -0.05) is 26.7 Å². The van der Waals surface area contributed by atoms with Crippen LogP contribution in [0.3, 0.4) is 0 Å². The molecular formula is C8H18N2O2. The van der Waals surface area contributed by atoms with E-state index in [2.05, 4.69) is 19.2 Å². The molecule has 0 saturated heterocycles. The molecule has 0 aromatic rings. The lowest BCUT2D eigenvalue weighted by molar-refractivity contribution is 0.161. The van der Waals surface area contributed by atoms with Gasteiger partial charge in [0.25, 0.3) is 0 Å². The molecule has 0 aromatic carbocycles. The third-order valence-electron chi connectivity index (χ3n) is 1.60. The van der Waals surface area contributed by atoms with Gasteiger partial charge in [0, 0.05) is 6.54 Å². The van der Waals surface area contributed by atoms with Crippen LogP contribution in [0.5, 0.6) is 0 Å². The van der Waals surface area contributed by atoms with Crippen molar-refractivity contribution in [2.24, 2.45) is 5.92 Å². The fourth-order valence-electron chi connectivity index (χ4n) is 0.919. The lowest BCUT2D eigenvalue weighted by Crippen LogP contribution is -2.33. The van der Waals surface area contributed by atoms with Crippen molar-refractivity contribution in [2.45, 2.75) is 33.1 Å². The first-order valence-corrected chi connectivity index (χ1v) is 4.34. The zero-order valence-corrected chi connectivity index (χ0v) is 7.76. The summed E-state index contributed by atoms with van der Waals surface area (Å²) in [6.45, 7) is 4.97. The maximum absolute atomic E-state index is 10.4. The largest absolute Gasteiger partial charge is 0.338 e. The number of urea groups is 1. The summed E-state index contributed by atoms with van der Waals surface area (Å²) < 4.78 is 0. The van der Waals surface area contributed by atoms with E-state index in [1.54, 1.807) is 0 Å². The summed E-state index contributed by atoms with van der Waals surface area (Å²) in [6, 6.07) is -0.528. The number of carbonyl (C=O) groups excluding carboxylic acids is 1. The van der Waals surface area contributed by atoms with Gasteiger partial charge in [-0.15, -0.1) is 0 Å². The second-order valence-electron chi connectivity index (χ2n) is 3.26. The van der Waals surface area contributed by atoms with Gasteiger partial charge in [0.2, 0.25) is 0 Å². The van der Waals surface area contributed by atoms with Gasteiger partial charge < -0.3 is 5.32 Å². The molecule has 0 unspecified atom stereocenters. The number of rotatable bonds is 5. The number of nitrogens with one attached hydrogen (secondary N) is 2. The first kappa shape index (κ1) is 11.2. The van der Waals surface area contributed by atoms with E-state index < -0.39 is 6.03 Å². The van der Waals surface area contributed by atoms with Crippen LogP contribution in [0.4, 0.5) is 4.79 Å². The highest BCUT2D eigenvalue weighted by Gasteiger charge is 1.96. The van der Waals surface area contributed by atoms with Crippen molar-refractivity contribution in [3.63, 3.8) is 0 Å². The second kappa shape index (κ2) is 6.91. The van der Waals surface area contributed by atoms with E-state index in [0.29, 0.717) is 6.54 Å². The molecule has 2 amide bonds. The van der Waals surface area contributed by atoms with Crippen molar-refractivity contribution in [1.29, 1.82) is 0 Å². The summed E-state index contributed by atoms with van der Waals surface area (Å²) in [5.74, 6) is 0.719. The van der Waals surface area contributed by atoms with Crippen molar-refractivity contribution < 1.29 is 10.0 Å². The highest BCUT2D eigenvalue weighted by molar-refractivity contribution is 5.72. The summed E-state index contributed by atoms with van der Waals surface area (Å²) in [7, 11) is 0. The average Bonchev–Trinajstić information content (AvgIpc) is 2.03. The molecule has 72 valence electrons. The summed E-state index contributed by atoms with van der Waals surface area (Å²) >= 11 is 0. The molecule has 0 aliphatic heterocycles. The Balaban J connectivity index is 3.05. The predicted molar refractivity (Wildman–Crippen MR) is 47.0 cm³/mol. The highest BCUT2D eigenvalue weighted by atomic mass is 16.5. The van der Waals surface area contributed by atoms with Crippen LogP contribution < -0.4 is 10.8 Å². The molecule has 12 heavy (non-hydrogen) atoms. The molecule has 0 aliphatic rings. The van der Waals surface area contributed by atoms with Crippen LogP contribution in [0.2, 0.25) is 0 Å². The molecule has 0 aromatic heterocycles. The van der Waals surface area contributed by atoms with Crippen LogP contribution in [0.1, 0.15) is 33.1 Å². The summed E-state index contributed by atoms with van der Waals surface area (Å²) in [6.07, 6.45) is 3.26. The van der Waals surface area contributed by atoms with E-state index in [9.17, 15) is 4.79 Å². The van der Waals surface area contributed by atoms with Crippen LogP contribution in [0.25, 0.3) is 0 Å². The molecule has 0 spiro atoms. The summed E-state index contributed by atoms with van der Waals surface area (Å²) in [5.41, 5.74) is 1.51. The third kappa shape index (κ3) is 7.34. The van der Waals surface area contributed by atoms with Gasteiger partial charge in [0.15, 0.2) is 0 Å². The van der Waals surface area contributed by atoms with Crippen molar-refractivity contribution in [1.82, 2.24) is 10.8 Å². The van der Waals surface area contributed by atoms with Crippen molar-refractivity contribution >= 4 is 6.03 Å². The Kier molecular flexibility index (Phi) is 6.47. The number of carbonyl (C=O) groups is 1. The van der Waals surface area contributed by atoms with Crippen molar-refractivity contribution in [3.8, 4) is 0 Å².